The lowest BCUT2D eigenvalue weighted by Crippen LogP contribution is -2.39. The highest BCUT2D eigenvalue weighted by molar-refractivity contribution is 5.78. The van der Waals surface area contributed by atoms with Crippen molar-refractivity contribution in [1.82, 2.24) is 10.2 Å². The van der Waals surface area contributed by atoms with Gasteiger partial charge in [-0.1, -0.05) is 24.3 Å². The average Bonchev–Trinajstić information content (AvgIpc) is 3.28. The summed E-state index contributed by atoms with van der Waals surface area (Å²) in [7, 11) is 0. The Kier molecular flexibility index (Phi) is 3.92. The smallest absolute Gasteiger partial charge is 0.312 e. The van der Waals surface area contributed by atoms with E-state index in [2.05, 4.69) is 10.2 Å². The number of carboxylic acids is 1. The third-order valence-corrected chi connectivity index (χ3v) is 4.16. The summed E-state index contributed by atoms with van der Waals surface area (Å²) >= 11 is 0. The zero-order valence-electron chi connectivity index (χ0n) is 11.9. The molecule has 1 fully saturated rings. The van der Waals surface area contributed by atoms with Crippen LogP contribution in [0.3, 0.4) is 0 Å². The first kappa shape index (κ1) is 14.1. The molecule has 0 spiro atoms. The summed E-state index contributed by atoms with van der Waals surface area (Å²) in [6, 6.07) is 8.06. The second-order valence-electron chi connectivity index (χ2n) is 5.92. The van der Waals surface area contributed by atoms with Crippen molar-refractivity contribution < 1.29 is 14.7 Å². The lowest BCUT2D eigenvalue weighted by atomic mass is 9.90. The van der Waals surface area contributed by atoms with Crippen molar-refractivity contribution in [2.24, 2.45) is 0 Å². The molecule has 1 aliphatic heterocycles. The lowest BCUT2D eigenvalue weighted by molar-refractivity contribution is -0.139. The van der Waals surface area contributed by atoms with Gasteiger partial charge >= 0.3 is 5.97 Å². The number of hydrogen-bond donors (Lipinski definition) is 2. The van der Waals surface area contributed by atoms with Gasteiger partial charge in [0.2, 0.25) is 5.91 Å². The third kappa shape index (κ3) is 3.42. The SMILES string of the molecule is O=C(CCN1Cc2ccccc2C(C(=O)O)C1)NC1CC1. The predicted molar refractivity (Wildman–Crippen MR) is 77.9 cm³/mol. The standard InChI is InChI=1S/C16H20N2O3/c19-15(17-12-5-6-12)7-8-18-9-11-3-1-2-4-13(11)14(10-18)16(20)21/h1-4,12,14H,5-10H2,(H,17,19)(H,20,21). The maximum absolute atomic E-state index is 11.7. The van der Waals surface area contributed by atoms with E-state index >= 15 is 0 Å². The molecule has 1 heterocycles. The fourth-order valence-corrected chi connectivity index (χ4v) is 2.85. The highest BCUT2D eigenvalue weighted by Gasteiger charge is 2.30. The topological polar surface area (TPSA) is 69.6 Å². The van der Waals surface area contributed by atoms with E-state index in [1.807, 2.05) is 24.3 Å². The monoisotopic (exact) mass is 288 g/mol. The average molecular weight is 288 g/mol. The molecule has 1 saturated carbocycles. The normalized spacial score (nSPS) is 21.6. The van der Waals surface area contributed by atoms with Crippen LogP contribution in [-0.4, -0.2) is 41.0 Å². The number of rotatable bonds is 5. The Hall–Kier alpha value is -1.88. The Morgan fingerprint density at radius 2 is 2.05 bits per heavy atom. The van der Waals surface area contributed by atoms with E-state index in [0.717, 1.165) is 30.5 Å². The van der Waals surface area contributed by atoms with E-state index in [1.165, 1.54) is 0 Å². The molecule has 0 saturated heterocycles. The van der Waals surface area contributed by atoms with E-state index in [9.17, 15) is 14.7 Å². The third-order valence-electron chi connectivity index (χ3n) is 4.16. The Bertz CT molecular complexity index is 554. The number of carbonyl (C=O) groups excluding carboxylic acids is 1. The van der Waals surface area contributed by atoms with Gasteiger partial charge in [0.1, 0.15) is 0 Å². The molecule has 1 atom stereocenters. The van der Waals surface area contributed by atoms with Crippen LogP contribution in [0.25, 0.3) is 0 Å². The molecule has 0 bridgehead atoms. The van der Waals surface area contributed by atoms with Crippen LogP contribution in [0.5, 0.6) is 0 Å². The minimum atomic E-state index is -0.797. The molecule has 3 rings (SSSR count). The predicted octanol–water partition coefficient (Wildman–Crippen LogP) is 1.34. The summed E-state index contributed by atoms with van der Waals surface area (Å²) in [4.78, 5) is 25.3. The zero-order chi connectivity index (χ0) is 14.8. The number of carboxylic acid groups (broad SMARTS) is 1. The van der Waals surface area contributed by atoms with Crippen LogP contribution in [0, 0.1) is 0 Å². The van der Waals surface area contributed by atoms with Crippen molar-refractivity contribution in [3.8, 4) is 0 Å². The van der Waals surface area contributed by atoms with Crippen molar-refractivity contribution >= 4 is 11.9 Å². The van der Waals surface area contributed by atoms with E-state index in [0.29, 0.717) is 25.6 Å². The van der Waals surface area contributed by atoms with Gasteiger partial charge in [0.05, 0.1) is 5.92 Å². The minimum Gasteiger partial charge on any atom is -0.481 e. The van der Waals surface area contributed by atoms with Crippen molar-refractivity contribution in [1.29, 1.82) is 0 Å². The lowest BCUT2D eigenvalue weighted by Gasteiger charge is -2.32. The molecule has 0 radical (unpaired) electrons. The Balaban J connectivity index is 1.62. The molecule has 5 nitrogen and oxygen atoms in total. The van der Waals surface area contributed by atoms with Crippen LogP contribution in [0.4, 0.5) is 0 Å². The molecular weight excluding hydrogens is 268 g/mol. The molecular formula is C16H20N2O3. The van der Waals surface area contributed by atoms with Gasteiger partial charge < -0.3 is 10.4 Å². The van der Waals surface area contributed by atoms with Crippen LogP contribution in [0.2, 0.25) is 0 Å². The molecule has 1 aliphatic carbocycles. The van der Waals surface area contributed by atoms with E-state index < -0.39 is 11.9 Å². The molecule has 0 aromatic heterocycles. The summed E-state index contributed by atoms with van der Waals surface area (Å²) in [6.07, 6.45) is 2.61. The van der Waals surface area contributed by atoms with Crippen molar-refractivity contribution in [3.05, 3.63) is 35.4 Å². The Labute approximate surface area is 123 Å². The maximum Gasteiger partial charge on any atom is 0.312 e. The van der Waals surface area contributed by atoms with Crippen molar-refractivity contribution in [2.45, 2.75) is 37.8 Å². The number of fused-ring (bicyclic) bond motifs is 1. The molecule has 5 heteroatoms. The number of amides is 1. The van der Waals surface area contributed by atoms with E-state index in [-0.39, 0.29) is 5.91 Å². The summed E-state index contributed by atoms with van der Waals surface area (Å²) in [5, 5.41) is 12.4. The van der Waals surface area contributed by atoms with Crippen LogP contribution >= 0.6 is 0 Å². The molecule has 1 aromatic rings. The quantitative estimate of drug-likeness (QED) is 0.858. The molecule has 112 valence electrons. The second kappa shape index (κ2) is 5.85. The highest BCUT2D eigenvalue weighted by atomic mass is 16.4. The van der Waals surface area contributed by atoms with Crippen molar-refractivity contribution in [2.75, 3.05) is 13.1 Å². The summed E-state index contributed by atoms with van der Waals surface area (Å²) in [5.74, 6) is -1.22. The second-order valence-corrected chi connectivity index (χ2v) is 5.92. The number of carbonyl (C=O) groups is 2. The fraction of sp³-hybridized carbons (Fsp3) is 0.500. The first-order valence-electron chi connectivity index (χ1n) is 7.46. The Morgan fingerprint density at radius 3 is 2.76 bits per heavy atom. The van der Waals surface area contributed by atoms with Crippen molar-refractivity contribution in [3.63, 3.8) is 0 Å². The fourth-order valence-electron chi connectivity index (χ4n) is 2.85. The van der Waals surface area contributed by atoms with Crippen LogP contribution in [-0.2, 0) is 16.1 Å². The van der Waals surface area contributed by atoms with Gasteiger partial charge in [-0.3, -0.25) is 14.5 Å². The van der Waals surface area contributed by atoms with Gasteiger partial charge in [-0.25, -0.2) is 0 Å². The highest BCUT2D eigenvalue weighted by Crippen LogP contribution is 2.28. The van der Waals surface area contributed by atoms with Gasteiger partial charge in [0, 0.05) is 32.1 Å². The van der Waals surface area contributed by atoms with E-state index in [1.54, 1.807) is 0 Å². The number of nitrogens with zero attached hydrogens (tertiary/aromatic N) is 1. The van der Waals surface area contributed by atoms with Crippen LogP contribution in [0.15, 0.2) is 24.3 Å². The molecule has 21 heavy (non-hydrogen) atoms. The molecule has 1 aromatic carbocycles. The number of hydrogen-bond acceptors (Lipinski definition) is 3. The summed E-state index contributed by atoms with van der Waals surface area (Å²) in [6.45, 7) is 1.80. The van der Waals surface area contributed by atoms with E-state index in [4.69, 9.17) is 0 Å². The summed E-state index contributed by atoms with van der Waals surface area (Å²) in [5.41, 5.74) is 1.96. The molecule has 1 amide bonds. The van der Waals surface area contributed by atoms with Gasteiger partial charge in [-0.05, 0) is 24.0 Å². The zero-order valence-corrected chi connectivity index (χ0v) is 11.9. The maximum atomic E-state index is 11.7. The first-order valence-corrected chi connectivity index (χ1v) is 7.46. The number of aliphatic carboxylic acids is 1. The minimum absolute atomic E-state index is 0.0724. The van der Waals surface area contributed by atoms with Gasteiger partial charge in [0.25, 0.3) is 0 Å². The van der Waals surface area contributed by atoms with Crippen LogP contribution < -0.4 is 5.32 Å². The largest absolute Gasteiger partial charge is 0.481 e. The van der Waals surface area contributed by atoms with Crippen LogP contribution in [0.1, 0.15) is 36.3 Å². The molecule has 2 aliphatic rings. The number of nitrogens with one attached hydrogen (secondary N) is 1. The molecule has 1 unspecified atom stereocenters. The van der Waals surface area contributed by atoms with Gasteiger partial charge in [-0.15, -0.1) is 0 Å². The Morgan fingerprint density at radius 1 is 1.29 bits per heavy atom. The van der Waals surface area contributed by atoms with Gasteiger partial charge in [0.15, 0.2) is 0 Å². The number of benzene rings is 1. The van der Waals surface area contributed by atoms with Gasteiger partial charge in [-0.2, -0.15) is 0 Å². The molecule has 2 N–H and O–H groups in total. The first-order chi connectivity index (χ1) is 10.1. The summed E-state index contributed by atoms with van der Waals surface area (Å²) < 4.78 is 0.